The van der Waals surface area contributed by atoms with Gasteiger partial charge >= 0.3 is 0 Å². The number of nitrogens with zero attached hydrogens (tertiary/aromatic N) is 3. The third-order valence-corrected chi connectivity index (χ3v) is 4.96. The van der Waals surface area contributed by atoms with Crippen molar-refractivity contribution >= 4 is 27.7 Å². The van der Waals surface area contributed by atoms with Crippen LogP contribution in [-0.4, -0.2) is 34.5 Å². The maximum Gasteiger partial charge on any atom is 0.270 e. The number of fused-ring (bicyclic) bond motifs is 2. The van der Waals surface area contributed by atoms with Crippen LogP contribution in [0.1, 0.15) is 16.1 Å². The van der Waals surface area contributed by atoms with E-state index in [0.29, 0.717) is 12.2 Å². The lowest BCUT2D eigenvalue weighted by Crippen LogP contribution is -2.27. The van der Waals surface area contributed by atoms with Gasteiger partial charge in [-0.2, -0.15) is 0 Å². The van der Waals surface area contributed by atoms with Gasteiger partial charge in [0.15, 0.2) is 0 Å². The molecule has 2 aromatic carbocycles. The SMILES string of the molecule is COc1ccc2cc(C(=O)N(C)Cc3cccc4ncccc34)n(C)c2c1. The highest BCUT2D eigenvalue weighted by Gasteiger charge is 2.18. The van der Waals surface area contributed by atoms with Crippen molar-refractivity contribution in [3.05, 3.63) is 72.1 Å². The molecule has 2 aromatic heterocycles. The van der Waals surface area contributed by atoms with Gasteiger partial charge in [-0.3, -0.25) is 9.78 Å². The number of methoxy groups -OCH3 is 1. The molecule has 0 saturated carbocycles. The fourth-order valence-electron chi connectivity index (χ4n) is 3.47. The van der Waals surface area contributed by atoms with Crippen LogP contribution in [0.3, 0.4) is 0 Å². The zero-order valence-electron chi connectivity index (χ0n) is 15.6. The lowest BCUT2D eigenvalue weighted by atomic mass is 10.1. The first kappa shape index (κ1) is 17.1. The number of hydrogen-bond donors (Lipinski definition) is 0. The molecule has 0 fully saturated rings. The smallest absolute Gasteiger partial charge is 0.270 e. The van der Waals surface area contributed by atoms with Gasteiger partial charge in [-0.1, -0.05) is 18.2 Å². The Morgan fingerprint density at radius 1 is 1.15 bits per heavy atom. The highest BCUT2D eigenvalue weighted by Crippen LogP contribution is 2.25. The summed E-state index contributed by atoms with van der Waals surface area (Å²) in [7, 11) is 5.38. The largest absolute Gasteiger partial charge is 0.497 e. The molecule has 136 valence electrons. The van der Waals surface area contributed by atoms with Crippen LogP contribution in [0.5, 0.6) is 5.75 Å². The van der Waals surface area contributed by atoms with Crippen LogP contribution in [0.4, 0.5) is 0 Å². The molecule has 2 heterocycles. The Hall–Kier alpha value is -3.34. The molecule has 0 bridgehead atoms. The molecule has 0 radical (unpaired) electrons. The van der Waals surface area contributed by atoms with E-state index in [1.54, 1.807) is 18.2 Å². The summed E-state index contributed by atoms with van der Waals surface area (Å²) in [4.78, 5) is 19.2. The summed E-state index contributed by atoms with van der Waals surface area (Å²) in [5.74, 6) is 0.757. The summed E-state index contributed by atoms with van der Waals surface area (Å²) in [5.41, 5.74) is 3.64. The van der Waals surface area contributed by atoms with E-state index in [4.69, 9.17) is 4.74 Å². The molecule has 0 aliphatic heterocycles. The molecule has 0 saturated heterocycles. The summed E-state index contributed by atoms with van der Waals surface area (Å²) in [5, 5.41) is 2.09. The second kappa shape index (κ2) is 6.76. The maximum absolute atomic E-state index is 13.1. The van der Waals surface area contributed by atoms with Crippen molar-refractivity contribution in [2.75, 3.05) is 14.2 Å². The van der Waals surface area contributed by atoms with Gasteiger partial charge in [-0.15, -0.1) is 0 Å². The van der Waals surface area contributed by atoms with Crippen molar-refractivity contribution in [3.63, 3.8) is 0 Å². The van der Waals surface area contributed by atoms with Crippen LogP contribution in [-0.2, 0) is 13.6 Å². The second-order valence-electron chi connectivity index (χ2n) is 6.66. The minimum Gasteiger partial charge on any atom is -0.497 e. The zero-order chi connectivity index (χ0) is 19.0. The fourth-order valence-corrected chi connectivity index (χ4v) is 3.47. The highest BCUT2D eigenvalue weighted by molar-refractivity contribution is 5.99. The van der Waals surface area contributed by atoms with E-state index in [2.05, 4.69) is 4.98 Å². The number of aromatic nitrogens is 2. The quantitative estimate of drug-likeness (QED) is 0.553. The Morgan fingerprint density at radius 3 is 2.81 bits per heavy atom. The van der Waals surface area contributed by atoms with Crippen molar-refractivity contribution in [3.8, 4) is 5.75 Å². The summed E-state index contributed by atoms with van der Waals surface area (Å²) in [6.07, 6.45) is 1.78. The van der Waals surface area contributed by atoms with Gasteiger partial charge in [-0.25, -0.2) is 0 Å². The van der Waals surface area contributed by atoms with E-state index in [-0.39, 0.29) is 5.91 Å². The number of benzene rings is 2. The summed E-state index contributed by atoms with van der Waals surface area (Å²) in [6, 6.07) is 17.7. The Kier molecular flexibility index (Phi) is 4.28. The van der Waals surface area contributed by atoms with Gasteiger partial charge in [0.2, 0.25) is 0 Å². The molecule has 0 atom stereocenters. The Balaban J connectivity index is 1.66. The van der Waals surface area contributed by atoms with E-state index in [1.807, 2.05) is 73.3 Å². The first-order valence-corrected chi connectivity index (χ1v) is 8.80. The van der Waals surface area contributed by atoms with Crippen molar-refractivity contribution in [2.24, 2.45) is 7.05 Å². The Bertz CT molecular complexity index is 1140. The van der Waals surface area contributed by atoms with Crippen LogP contribution in [0.2, 0.25) is 0 Å². The van der Waals surface area contributed by atoms with Crippen molar-refractivity contribution < 1.29 is 9.53 Å². The number of aryl methyl sites for hydroxylation is 1. The Labute approximate surface area is 157 Å². The van der Waals surface area contributed by atoms with E-state index in [0.717, 1.165) is 33.1 Å². The molecule has 5 nitrogen and oxygen atoms in total. The van der Waals surface area contributed by atoms with Gasteiger partial charge in [-0.05, 0) is 35.9 Å². The number of carbonyl (C=O) groups excluding carboxylic acids is 1. The van der Waals surface area contributed by atoms with E-state index in [9.17, 15) is 4.79 Å². The minimum atomic E-state index is -0.0199. The standard InChI is InChI=1S/C22H21N3O2/c1-24(14-16-6-4-8-19-18(16)7-5-11-23-19)22(26)21-12-15-9-10-17(27-3)13-20(15)25(21)2/h4-13H,14H2,1-3H3. The third-order valence-electron chi connectivity index (χ3n) is 4.96. The lowest BCUT2D eigenvalue weighted by molar-refractivity contribution is 0.0776. The average Bonchev–Trinajstić information content (AvgIpc) is 3.03. The Morgan fingerprint density at radius 2 is 2.00 bits per heavy atom. The number of pyridine rings is 1. The molecular formula is C22H21N3O2. The fraction of sp³-hybridized carbons (Fsp3) is 0.182. The van der Waals surface area contributed by atoms with E-state index >= 15 is 0 Å². The second-order valence-corrected chi connectivity index (χ2v) is 6.66. The first-order valence-electron chi connectivity index (χ1n) is 8.80. The monoisotopic (exact) mass is 359 g/mol. The number of rotatable bonds is 4. The van der Waals surface area contributed by atoms with Gasteiger partial charge in [0.25, 0.3) is 5.91 Å². The summed E-state index contributed by atoms with van der Waals surface area (Å²) in [6.45, 7) is 0.521. The lowest BCUT2D eigenvalue weighted by Gasteiger charge is -2.18. The van der Waals surface area contributed by atoms with E-state index in [1.165, 1.54) is 0 Å². The molecule has 0 aliphatic carbocycles. The third kappa shape index (κ3) is 3.01. The molecular weight excluding hydrogens is 338 g/mol. The van der Waals surface area contributed by atoms with Crippen LogP contribution in [0, 0.1) is 0 Å². The van der Waals surface area contributed by atoms with E-state index < -0.39 is 0 Å². The van der Waals surface area contributed by atoms with Crippen LogP contribution in [0.15, 0.2) is 60.8 Å². The molecule has 27 heavy (non-hydrogen) atoms. The number of carbonyl (C=O) groups is 1. The van der Waals surface area contributed by atoms with Crippen molar-refractivity contribution in [2.45, 2.75) is 6.54 Å². The average molecular weight is 359 g/mol. The van der Waals surface area contributed by atoms with Crippen LogP contribution in [0.25, 0.3) is 21.8 Å². The van der Waals surface area contributed by atoms with Crippen LogP contribution >= 0.6 is 0 Å². The highest BCUT2D eigenvalue weighted by atomic mass is 16.5. The van der Waals surface area contributed by atoms with Gasteiger partial charge in [0, 0.05) is 43.7 Å². The maximum atomic E-state index is 13.1. The number of hydrogen-bond acceptors (Lipinski definition) is 3. The molecule has 0 aliphatic rings. The molecule has 0 N–H and O–H groups in total. The normalized spacial score (nSPS) is 11.1. The van der Waals surface area contributed by atoms with Gasteiger partial charge in [0.05, 0.1) is 18.1 Å². The predicted molar refractivity (Wildman–Crippen MR) is 107 cm³/mol. The predicted octanol–water partition coefficient (Wildman–Crippen LogP) is 4.01. The first-order chi connectivity index (χ1) is 13.1. The molecule has 4 rings (SSSR count). The minimum absolute atomic E-state index is 0.0199. The molecule has 1 amide bonds. The van der Waals surface area contributed by atoms with Gasteiger partial charge in [0.1, 0.15) is 11.4 Å². The topological polar surface area (TPSA) is 47.4 Å². The van der Waals surface area contributed by atoms with Crippen LogP contribution < -0.4 is 4.74 Å². The number of ether oxygens (including phenoxy) is 1. The molecule has 0 unspecified atom stereocenters. The summed E-state index contributed by atoms with van der Waals surface area (Å²) >= 11 is 0. The molecule has 4 aromatic rings. The van der Waals surface area contributed by atoms with Crippen molar-refractivity contribution in [1.82, 2.24) is 14.5 Å². The number of amides is 1. The molecule has 5 heteroatoms. The van der Waals surface area contributed by atoms with Gasteiger partial charge < -0.3 is 14.2 Å². The molecule has 0 spiro atoms. The summed E-state index contributed by atoms with van der Waals surface area (Å²) < 4.78 is 7.22. The van der Waals surface area contributed by atoms with Crippen molar-refractivity contribution in [1.29, 1.82) is 0 Å². The zero-order valence-corrected chi connectivity index (χ0v) is 15.6.